The van der Waals surface area contributed by atoms with E-state index in [0.29, 0.717) is 31.5 Å². The predicted octanol–water partition coefficient (Wildman–Crippen LogP) is 1.68. The Morgan fingerprint density at radius 3 is 2.55 bits per heavy atom. The van der Waals surface area contributed by atoms with Crippen LogP contribution in [0.2, 0.25) is 5.15 Å². The van der Waals surface area contributed by atoms with Crippen molar-refractivity contribution >= 4 is 23.4 Å². The van der Waals surface area contributed by atoms with Crippen LogP contribution in [0, 0.1) is 5.92 Å². The molecule has 2 rings (SSSR count). The van der Waals surface area contributed by atoms with Crippen LogP contribution in [0.3, 0.4) is 0 Å². The number of aromatic nitrogens is 1. The summed E-state index contributed by atoms with van der Waals surface area (Å²) in [4.78, 5) is 31.5. The molecule has 0 spiro atoms. The predicted molar refractivity (Wildman–Crippen MR) is 76.6 cm³/mol. The van der Waals surface area contributed by atoms with Crippen molar-refractivity contribution in [2.45, 2.75) is 12.8 Å². The zero-order chi connectivity index (χ0) is 14.7. The molecule has 6 heteroatoms. The summed E-state index contributed by atoms with van der Waals surface area (Å²) in [5, 5.41) is 0.226. The number of halogens is 1. The first-order valence-electron chi connectivity index (χ1n) is 6.61. The summed E-state index contributed by atoms with van der Waals surface area (Å²) < 4.78 is 0. The average Bonchev–Trinajstić information content (AvgIpc) is 2.46. The summed E-state index contributed by atoms with van der Waals surface area (Å²) >= 11 is 5.94. The molecule has 5 nitrogen and oxygen atoms in total. The third-order valence-electron chi connectivity index (χ3n) is 3.56. The van der Waals surface area contributed by atoms with E-state index in [-0.39, 0.29) is 22.9 Å². The van der Waals surface area contributed by atoms with Crippen LogP contribution in [-0.4, -0.2) is 53.8 Å². The molecule has 1 aromatic heterocycles. The smallest absolute Gasteiger partial charge is 0.256 e. The fourth-order valence-electron chi connectivity index (χ4n) is 2.41. The number of likely N-dealkylation sites (tertiary alicyclic amines) is 1. The number of rotatable bonds is 2. The van der Waals surface area contributed by atoms with Crippen LogP contribution in [0.5, 0.6) is 0 Å². The molecule has 0 N–H and O–H groups in total. The van der Waals surface area contributed by atoms with Gasteiger partial charge in [-0.15, -0.1) is 0 Å². The number of amides is 2. The molecule has 0 aliphatic carbocycles. The third-order valence-corrected chi connectivity index (χ3v) is 3.86. The van der Waals surface area contributed by atoms with Crippen molar-refractivity contribution in [1.29, 1.82) is 0 Å². The molecule has 0 bridgehead atoms. The first-order chi connectivity index (χ1) is 9.50. The van der Waals surface area contributed by atoms with E-state index in [0.717, 1.165) is 0 Å². The SMILES string of the molecule is CN(C)C(=O)C1CCN(C(=O)c2cccnc2Cl)CC1. The summed E-state index contributed by atoms with van der Waals surface area (Å²) in [6, 6.07) is 3.37. The van der Waals surface area contributed by atoms with E-state index in [1.54, 1.807) is 42.2 Å². The number of carbonyl (C=O) groups is 2. The lowest BCUT2D eigenvalue weighted by atomic mass is 9.95. The molecule has 0 saturated carbocycles. The van der Waals surface area contributed by atoms with Gasteiger partial charge in [-0.25, -0.2) is 4.98 Å². The van der Waals surface area contributed by atoms with Gasteiger partial charge in [-0.05, 0) is 25.0 Å². The van der Waals surface area contributed by atoms with E-state index in [1.807, 2.05) is 0 Å². The standard InChI is InChI=1S/C14H18ClN3O2/c1-17(2)13(19)10-5-8-18(9-6-10)14(20)11-4-3-7-16-12(11)15/h3-4,7,10H,5-6,8-9H2,1-2H3. The van der Waals surface area contributed by atoms with E-state index < -0.39 is 0 Å². The zero-order valence-electron chi connectivity index (χ0n) is 11.7. The van der Waals surface area contributed by atoms with E-state index >= 15 is 0 Å². The summed E-state index contributed by atoms with van der Waals surface area (Å²) in [6.45, 7) is 1.16. The Hall–Kier alpha value is -1.62. The van der Waals surface area contributed by atoms with E-state index in [4.69, 9.17) is 11.6 Å². The van der Waals surface area contributed by atoms with Crippen LogP contribution in [0.1, 0.15) is 23.2 Å². The molecule has 20 heavy (non-hydrogen) atoms. The molecule has 0 atom stereocenters. The van der Waals surface area contributed by atoms with Gasteiger partial charge in [-0.3, -0.25) is 9.59 Å². The molecule has 2 heterocycles. The Morgan fingerprint density at radius 2 is 2.00 bits per heavy atom. The van der Waals surface area contributed by atoms with Crippen molar-refractivity contribution in [1.82, 2.24) is 14.8 Å². The minimum atomic E-state index is -0.112. The third kappa shape index (κ3) is 3.10. The Labute approximate surface area is 123 Å². The van der Waals surface area contributed by atoms with Crippen LogP contribution in [0.4, 0.5) is 0 Å². The zero-order valence-corrected chi connectivity index (χ0v) is 12.4. The molecule has 2 amide bonds. The highest BCUT2D eigenvalue weighted by Gasteiger charge is 2.29. The monoisotopic (exact) mass is 295 g/mol. The van der Waals surface area contributed by atoms with Crippen LogP contribution < -0.4 is 0 Å². The van der Waals surface area contributed by atoms with Gasteiger partial charge in [-0.1, -0.05) is 11.6 Å². The molecular weight excluding hydrogens is 278 g/mol. The Balaban J connectivity index is 1.99. The number of nitrogens with zero attached hydrogens (tertiary/aromatic N) is 3. The number of piperidine rings is 1. The second-order valence-corrected chi connectivity index (χ2v) is 5.50. The summed E-state index contributed by atoms with van der Waals surface area (Å²) in [5.74, 6) is 0.0359. The quantitative estimate of drug-likeness (QED) is 0.780. The number of hydrogen-bond donors (Lipinski definition) is 0. The van der Waals surface area contributed by atoms with Gasteiger partial charge in [0, 0.05) is 39.3 Å². The van der Waals surface area contributed by atoms with Crippen molar-refractivity contribution in [2.75, 3.05) is 27.2 Å². The van der Waals surface area contributed by atoms with E-state index in [1.165, 1.54) is 0 Å². The molecule has 1 aliphatic heterocycles. The second kappa shape index (κ2) is 6.22. The lowest BCUT2D eigenvalue weighted by Gasteiger charge is -2.32. The molecule has 108 valence electrons. The highest BCUT2D eigenvalue weighted by molar-refractivity contribution is 6.32. The van der Waals surface area contributed by atoms with E-state index in [9.17, 15) is 9.59 Å². The summed E-state index contributed by atoms with van der Waals surface area (Å²) in [5.41, 5.74) is 0.423. The Bertz CT molecular complexity index is 511. The molecule has 1 aromatic rings. The fourth-order valence-corrected chi connectivity index (χ4v) is 2.61. The Kier molecular flexibility index (Phi) is 4.60. The van der Waals surface area contributed by atoms with Crippen molar-refractivity contribution in [3.05, 3.63) is 29.0 Å². The molecule has 1 saturated heterocycles. The van der Waals surface area contributed by atoms with Gasteiger partial charge in [0.15, 0.2) is 0 Å². The van der Waals surface area contributed by atoms with Gasteiger partial charge in [-0.2, -0.15) is 0 Å². The van der Waals surface area contributed by atoms with Crippen LogP contribution in [0.15, 0.2) is 18.3 Å². The molecule has 1 aliphatic rings. The minimum absolute atomic E-state index is 0.0124. The minimum Gasteiger partial charge on any atom is -0.349 e. The molecule has 0 aromatic carbocycles. The topological polar surface area (TPSA) is 53.5 Å². The van der Waals surface area contributed by atoms with Gasteiger partial charge in [0.1, 0.15) is 5.15 Å². The highest BCUT2D eigenvalue weighted by Crippen LogP contribution is 2.22. The van der Waals surface area contributed by atoms with Crippen LogP contribution in [0.25, 0.3) is 0 Å². The highest BCUT2D eigenvalue weighted by atomic mass is 35.5. The summed E-state index contributed by atoms with van der Waals surface area (Å²) in [6.07, 6.45) is 2.95. The van der Waals surface area contributed by atoms with Gasteiger partial charge in [0.05, 0.1) is 5.56 Å². The first-order valence-corrected chi connectivity index (χ1v) is 6.99. The molecule has 1 fully saturated rings. The van der Waals surface area contributed by atoms with Crippen molar-refractivity contribution in [3.8, 4) is 0 Å². The number of hydrogen-bond acceptors (Lipinski definition) is 3. The van der Waals surface area contributed by atoms with Gasteiger partial charge >= 0.3 is 0 Å². The second-order valence-electron chi connectivity index (χ2n) is 5.14. The normalized spacial score (nSPS) is 16.1. The average molecular weight is 296 g/mol. The van der Waals surface area contributed by atoms with Crippen molar-refractivity contribution in [2.24, 2.45) is 5.92 Å². The molecular formula is C14H18ClN3O2. The maximum absolute atomic E-state index is 12.3. The lowest BCUT2D eigenvalue weighted by Crippen LogP contribution is -2.42. The lowest BCUT2D eigenvalue weighted by molar-refractivity contribution is -0.134. The molecule has 0 radical (unpaired) electrons. The first kappa shape index (κ1) is 14.8. The van der Waals surface area contributed by atoms with Crippen LogP contribution in [-0.2, 0) is 4.79 Å². The van der Waals surface area contributed by atoms with Crippen molar-refractivity contribution < 1.29 is 9.59 Å². The Morgan fingerprint density at radius 1 is 1.35 bits per heavy atom. The van der Waals surface area contributed by atoms with Gasteiger partial charge in [0.25, 0.3) is 5.91 Å². The van der Waals surface area contributed by atoms with E-state index in [2.05, 4.69) is 4.98 Å². The fraction of sp³-hybridized carbons (Fsp3) is 0.500. The van der Waals surface area contributed by atoms with Crippen LogP contribution >= 0.6 is 11.6 Å². The number of pyridine rings is 1. The largest absolute Gasteiger partial charge is 0.349 e. The molecule has 0 unspecified atom stereocenters. The summed E-state index contributed by atoms with van der Waals surface area (Å²) in [7, 11) is 3.52. The maximum Gasteiger partial charge on any atom is 0.256 e. The maximum atomic E-state index is 12.3. The van der Waals surface area contributed by atoms with Crippen molar-refractivity contribution in [3.63, 3.8) is 0 Å². The van der Waals surface area contributed by atoms with Gasteiger partial charge in [0.2, 0.25) is 5.91 Å². The van der Waals surface area contributed by atoms with Gasteiger partial charge < -0.3 is 9.80 Å². The number of carbonyl (C=O) groups excluding carboxylic acids is 2.